The van der Waals surface area contributed by atoms with E-state index in [-0.39, 0.29) is 5.60 Å². The molecule has 0 aliphatic heterocycles. The molecule has 1 aromatic carbocycles. The molecule has 1 heterocycles. The summed E-state index contributed by atoms with van der Waals surface area (Å²) in [6.07, 6.45) is 0. The molecule has 4 heteroatoms. The fourth-order valence-electron chi connectivity index (χ4n) is 1.96. The number of aromatic nitrogens is 2. The zero-order chi connectivity index (χ0) is 14.0. The standard InChI is InChI=1S/C15H21N3O/c1-10-17-13(9-16)14(18-10)11-5-7-12(8-6-11)19-15(2,3)4/h5-8H,9,16H2,1-4H3,(H,17,18). The normalized spacial score (nSPS) is 11.6. The SMILES string of the molecule is Cc1nc(-c2ccc(OC(C)(C)C)cc2)c(CN)[nH]1. The van der Waals surface area contributed by atoms with Crippen molar-refractivity contribution in [1.29, 1.82) is 0 Å². The van der Waals surface area contributed by atoms with Crippen LogP contribution in [0.3, 0.4) is 0 Å². The zero-order valence-electron chi connectivity index (χ0n) is 11.9. The molecule has 4 nitrogen and oxygen atoms in total. The topological polar surface area (TPSA) is 63.9 Å². The lowest BCUT2D eigenvalue weighted by atomic mass is 10.1. The largest absolute Gasteiger partial charge is 0.488 e. The van der Waals surface area contributed by atoms with Gasteiger partial charge in [-0.3, -0.25) is 0 Å². The number of imidazole rings is 1. The Morgan fingerprint density at radius 3 is 2.37 bits per heavy atom. The van der Waals surface area contributed by atoms with Gasteiger partial charge in [0.2, 0.25) is 0 Å². The molecule has 0 fully saturated rings. The molecule has 0 atom stereocenters. The highest BCUT2D eigenvalue weighted by molar-refractivity contribution is 5.63. The van der Waals surface area contributed by atoms with Gasteiger partial charge in [-0.05, 0) is 52.0 Å². The summed E-state index contributed by atoms with van der Waals surface area (Å²) >= 11 is 0. The highest BCUT2D eigenvalue weighted by atomic mass is 16.5. The number of nitrogens with two attached hydrogens (primary N) is 1. The van der Waals surface area contributed by atoms with Crippen LogP contribution in [0.1, 0.15) is 32.3 Å². The summed E-state index contributed by atoms with van der Waals surface area (Å²) in [6.45, 7) is 8.48. The van der Waals surface area contributed by atoms with Gasteiger partial charge in [-0.25, -0.2) is 4.98 Å². The summed E-state index contributed by atoms with van der Waals surface area (Å²) in [5, 5.41) is 0. The van der Waals surface area contributed by atoms with Crippen molar-refractivity contribution in [1.82, 2.24) is 9.97 Å². The van der Waals surface area contributed by atoms with Gasteiger partial charge in [0.15, 0.2) is 0 Å². The Balaban J connectivity index is 2.27. The van der Waals surface area contributed by atoms with Crippen molar-refractivity contribution in [2.75, 3.05) is 0 Å². The molecule has 2 rings (SSSR count). The third kappa shape index (κ3) is 3.35. The van der Waals surface area contributed by atoms with E-state index in [2.05, 4.69) is 9.97 Å². The molecular formula is C15H21N3O. The van der Waals surface area contributed by atoms with Crippen molar-refractivity contribution in [2.45, 2.75) is 39.8 Å². The highest BCUT2D eigenvalue weighted by Gasteiger charge is 2.13. The Morgan fingerprint density at radius 2 is 1.84 bits per heavy atom. The minimum atomic E-state index is -0.188. The molecule has 0 aliphatic rings. The summed E-state index contributed by atoms with van der Waals surface area (Å²) < 4.78 is 5.80. The number of ether oxygens (including phenoxy) is 1. The number of hydrogen-bond donors (Lipinski definition) is 2. The van der Waals surface area contributed by atoms with E-state index in [0.29, 0.717) is 6.54 Å². The molecule has 0 saturated carbocycles. The number of aromatic amines is 1. The molecule has 0 amide bonds. The Hall–Kier alpha value is -1.81. The molecule has 0 radical (unpaired) electrons. The van der Waals surface area contributed by atoms with Crippen LogP contribution in [0.25, 0.3) is 11.3 Å². The number of benzene rings is 1. The molecule has 0 aliphatic carbocycles. The Bertz CT molecular complexity index is 550. The molecule has 3 N–H and O–H groups in total. The maximum atomic E-state index is 5.80. The average molecular weight is 259 g/mol. The molecule has 1 aromatic heterocycles. The number of aryl methyl sites for hydroxylation is 1. The van der Waals surface area contributed by atoms with E-state index in [9.17, 15) is 0 Å². The summed E-state index contributed by atoms with van der Waals surface area (Å²) in [5.41, 5.74) is 8.46. The first-order chi connectivity index (χ1) is 8.89. The van der Waals surface area contributed by atoms with E-state index in [1.807, 2.05) is 52.0 Å². The van der Waals surface area contributed by atoms with Crippen molar-refractivity contribution < 1.29 is 4.74 Å². The maximum Gasteiger partial charge on any atom is 0.120 e. The van der Waals surface area contributed by atoms with Crippen molar-refractivity contribution in [3.05, 3.63) is 35.8 Å². The van der Waals surface area contributed by atoms with E-state index >= 15 is 0 Å². The van der Waals surface area contributed by atoms with E-state index in [4.69, 9.17) is 10.5 Å². The smallest absolute Gasteiger partial charge is 0.120 e. The second kappa shape index (κ2) is 5.05. The molecule has 0 spiro atoms. The van der Waals surface area contributed by atoms with E-state index in [0.717, 1.165) is 28.5 Å². The van der Waals surface area contributed by atoms with Gasteiger partial charge in [-0.2, -0.15) is 0 Å². The number of nitrogens with one attached hydrogen (secondary N) is 1. The van der Waals surface area contributed by atoms with Gasteiger partial charge in [-0.1, -0.05) is 0 Å². The van der Waals surface area contributed by atoms with Crippen LogP contribution in [-0.2, 0) is 6.54 Å². The average Bonchev–Trinajstić information content (AvgIpc) is 2.69. The molecule has 2 aromatic rings. The van der Waals surface area contributed by atoms with E-state index in [1.54, 1.807) is 0 Å². The minimum Gasteiger partial charge on any atom is -0.488 e. The van der Waals surface area contributed by atoms with Crippen molar-refractivity contribution in [3.8, 4) is 17.0 Å². The molecule has 102 valence electrons. The summed E-state index contributed by atoms with van der Waals surface area (Å²) in [7, 11) is 0. The van der Waals surface area contributed by atoms with Gasteiger partial charge in [0.25, 0.3) is 0 Å². The Kier molecular flexibility index (Phi) is 3.62. The maximum absolute atomic E-state index is 5.80. The van der Waals surface area contributed by atoms with Gasteiger partial charge in [0.1, 0.15) is 17.2 Å². The minimum absolute atomic E-state index is 0.188. The van der Waals surface area contributed by atoms with Crippen LogP contribution >= 0.6 is 0 Å². The van der Waals surface area contributed by atoms with Gasteiger partial charge < -0.3 is 15.5 Å². The molecule has 0 unspecified atom stereocenters. The van der Waals surface area contributed by atoms with Gasteiger partial charge in [-0.15, -0.1) is 0 Å². The number of rotatable bonds is 3. The third-order valence-corrected chi connectivity index (χ3v) is 2.65. The number of hydrogen-bond acceptors (Lipinski definition) is 3. The second-order valence-corrected chi connectivity index (χ2v) is 5.59. The molecular weight excluding hydrogens is 238 g/mol. The second-order valence-electron chi connectivity index (χ2n) is 5.59. The fourth-order valence-corrected chi connectivity index (χ4v) is 1.96. The van der Waals surface area contributed by atoms with Gasteiger partial charge in [0, 0.05) is 12.1 Å². The van der Waals surface area contributed by atoms with Crippen LogP contribution in [0.15, 0.2) is 24.3 Å². The summed E-state index contributed by atoms with van der Waals surface area (Å²) in [4.78, 5) is 7.66. The first-order valence-electron chi connectivity index (χ1n) is 6.44. The lowest BCUT2D eigenvalue weighted by molar-refractivity contribution is 0.131. The third-order valence-electron chi connectivity index (χ3n) is 2.65. The first kappa shape index (κ1) is 13.6. The van der Waals surface area contributed by atoms with E-state index < -0.39 is 0 Å². The van der Waals surface area contributed by atoms with Crippen molar-refractivity contribution in [3.63, 3.8) is 0 Å². The molecule has 0 saturated heterocycles. The Labute approximate surface area is 114 Å². The van der Waals surface area contributed by atoms with Crippen LogP contribution in [0.5, 0.6) is 5.75 Å². The lowest BCUT2D eigenvalue weighted by Crippen LogP contribution is -2.22. The van der Waals surface area contributed by atoms with Crippen LogP contribution in [0.4, 0.5) is 0 Å². The lowest BCUT2D eigenvalue weighted by Gasteiger charge is -2.21. The predicted octanol–water partition coefficient (Wildman–Crippen LogP) is 3.02. The number of H-pyrrole nitrogens is 1. The van der Waals surface area contributed by atoms with Gasteiger partial charge >= 0.3 is 0 Å². The molecule has 0 bridgehead atoms. The van der Waals surface area contributed by atoms with E-state index in [1.165, 1.54) is 0 Å². The monoisotopic (exact) mass is 259 g/mol. The summed E-state index contributed by atoms with van der Waals surface area (Å²) in [6, 6.07) is 7.95. The van der Waals surface area contributed by atoms with Crippen LogP contribution in [0.2, 0.25) is 0 Å². The van der Waals surface area contributed by atoms with Crippen LogP contribution in [-0.4, -0.2) is 15.6 Å². The van der Waals surface area contributed by atoms with Crippen LogP contribution < -0.4 is 10.5 Å². The van der Waals surface area contributed by atoms with Gasteiger partial charge in [0.05, 0.1) is 11.4 Å². The Morgan fingerprint density at radius 1 is 1.21 bits per heavy atom. The predicted molar refractivity (Wildman–Crippen MR) is 77.0 cm³/mol. The van der Waals surface area contributed by atoms with Crippen molar-refractivity contribution in [2.24, 2.45) is 5.73 Å². The van der Waals surface area contributed by atoms with Crippen LogP contribution in [0, 0.1) is 6.92 Å². The van der Waals surface area contributed by atoms with Crippen molar-refractivity contribution >= 4 is 0 Å². The first-order valence-corrected chi connectivity index (χ1v) is 6.44. The molecule has 19 heavy (non-hydrogen) atoms. The highest BCUT2D eigenvalue weighted by Crippen LogP contribution is 2.25. The quantitative estimate of drug-likeness (QED) is 0.890. The number of nitrogens with zero attached hydrogens (tertiary/aromatic N) is 1. The summed E-state index contributed by atoms with van der Waals surface area (Å²) in [5.74, 6) is 1.74. The zero-order valence-corrected chi connectivity index (χ0v) is 11.9. The fraction of sp³-hybridized carbons (Fsp3) is 0.400.